The molecule has 0 N–H and O–H groups in total. The zero-order valence-electron chi connectivity index (χ0n) is 10.9. The second-order valence-electron chi connectivity index (χ2n) is 5.01. The normalized spacial score (nSPS) is 30.1. The Morgan fingerprint density at radius 3 is 2.47 bits per heavy atom. The van der Waals surface area contributed by atoms with Crippen LogP contribution in [0.25, 0.3) is 0 Å². The van der Waals surface area contributed by atoms with Crippen LogP contribution >= 0.6 is 0 Å². The Labute approximate surface area is 95.2 Å². The van der Waals surface area contributed by atoms with Crippen molar-refractivity contribution in [2.24, 2.45) is 0 Å². The number of hydrogen-bond acceptors (Lipinski definition) is 1. The van der Waals surface area contributed by atoms with Crippen molar-refractivity contribution in [1.29, 1.82) is 0 Å². The van der Waals surface area contributed by atoms with E-state index in [-0.39, 0.29) is 0 Å². The highest BCUT2D eigenvalue weighted by atomic mass is 15.5. The molecule has 15 heavy (non-hydrogen) atoms. The third-order valence-corrected chi connectivity index (χ3v) is 3.60. The molecule has 2 nitrogen and oxygen atoms in total. The lowest BCUT2D eigenvalue weighted by atomic mass is 10.1. The lowest BCUT2D eigenvalue weighted by molar-refractivity contribution is -0.888. The van der Waals surface area contributed by atoms with Crippen molar-refractivity contribution in [3.05, 3.63) is 12.4 Å². The molecule has 2 unspecified atom stereocenters. The minimum atomic E-state index is 0.677. The van der Waals surface area contributed by atoms with Gasteiger partial charge in [-0.3, -0.25) is 4.48 Å². The molecule has 0 aromatic rings. The van der Waals surface area contributed by atoms with E-state index in [9.17, 15) is 0 Å². The maximum atomic E-state index is 2.39. The predicted molar refractivity (Wildman–Crippen MR) is 66.2 cm³/mol. The molecule has 1 heterocycles. The largest absolute Gasteiger partial charge is 0.327 e. The molecule has 0 aliphatic carbocycles. The molecule has 2 atom stereocenters. The summed E-state index contributed by atoms with van der Waals surface area (Å²) in [7, 11) is 4.59. The summed E-state index contributed by atoms with van der Waals surface area (Å²) in [4.78, 5) is 2.39. The molecule has 0 aromatic heterocycles. The molecule has 0 saturated heterocycles. The summed E-state index contributed by atoms with van der Waals surface area (Å²) >= 11 is 0. The van der Waals surface area contributed by atoms with Crippen molar-refractivity contribution < 1.29 is 4.48 Å². The fraction of sp³-hybridized carbons (Fsp3) is 0.846. The first-order valence-corrected chi connectivity index (χ1v) is 6.40. The van der Waals surface area contributed by atoms with Crippen LogP contribution in [0.3, 0.4) is 0 Å². The third kappa shape index (κ3) is 2.97. The quantitative estimate of drug-likeness (QED) is 0.610. The maximum absolute atomic E-state index is 2.39. The van der Waals surface area contributed by atoms with Crippen molar-refractivity contribution in [3.63, 3.8) is 0 Å². The lowest BCUT2D eigenvalue weighted by Crippen LogP contribution is -2.50. The highest BCUT2D eigenvalue weighted by molar-refractivity contribution is 4.85. The van der Waals surface area contributed by atoms with Gasteiger partial charge in [-0.05, 0) is 12.8 Å². The molecule has 0 amide bonds. The first-order chi connectivity index (χ1) is 7.14. The van der Waals surface area contributed by atoms with Crippen LogP contribution in [-0.4, -0.2) is 36.2 Å². The summed E-state index contributed by atoms with van der Waals surface area (Å²) in [6.45, 7) is 5.83. The van der Waals surface area contributed by atoms with Crippen LogP contribution < -0.4 is 0 Å². The van der Waals surface area contributed by atoms with Crippen LogP contribution in [0.5, 0.6) is 0 Å². The van der Waals surface area contributed by atoms with Gasteiger partial charge in [-0.15, -0.1) is 0 Å². The van der Waals surface area contributed by atoms with Crippen LogP contribution in [0.4, 0.5) is 0 Å². The molecule has 2 heteroatoms. The first-order valence-electron chi connectivity index (χ1n) is 6.40. The first kappa shape index (κ1) is 12.6. The molecular formula is C13H27N2+. The Morgan fingerprint density at radius 1 is 1.20 bits per heavy atom. The van der Waals surface area contributed by atoms with Crippen molar-refractivity contribution in [2.75, 3.05) is 20.6 Å². The average Bonchev–Trinajstić information content (AvgIpc) is 2.50. The van der Waals surface area contributed by atoms with E-state index >= 15 is 0 Å². The van der Waals surface area contributed by atoms with Gasteiger partial charge in [-0.25, -0.2) is 0 Å². The van der Waals surface area contributed by atoms with Gasteiger partial charge in [-0.1, -0.05) is 26.7 Å². The topological polar surface area (TPSA) is 3.24 Å². The number of unbranched alkanes of at least 4 members (excludes halogenated alkanes) is 2. The summed E-state index contributed by atoms with van der Waals surface area (Å²) in [5.74, 6) is 0. The van der Waals surface area contributed by atoms with Gasteiger partial charge in [0.2, 0.25) is 0 Å². The smallest absolute Gasteiger partial charge is 0.168 e. The molecule has 0 aromatic carbocycles. The summed E-state index contributed by atoms with van der Waals surface area (Å²) in [5, 5.41) is 0. The third-order valence-electron chi connectivity index (χ3n) is 3.60. The van der Waals surface area contributed by atoms with E-state index in [0.29, 0.717) is 6.17 Å². The van der Waals surface area contributed by atoms with Gasteiger partial charge < -0.3 is 4.90 Å². The minimum absolute atomic E-state index is 0.677. The van der Waals surface area contributed by atoms with Gasteiger partial charge in [-0.2, -0.15) is 0 Å². The lowest BCUT2D eigenvalue weighted by Gasteiger charge is -2.37. The van der Waals surface area contributed by atoms with Gasteiger partial charge in [0.15, 0.2) is 6.17 Å². The van der Waals surface area contributed by atoms with E-state index in [2.05, 4.69) is 45.2 Å². The second kappa shape index (κ2) is 5.55. The van der Waals surface area contributed by atoms with Crippen molar-refractivity contribution in [1.82, 2.24) is 4.90 Å². The fourth-order valence-electron chi connectivity index (χ4n) is 2.48. The summed E-state index contributed by atoms with van der Waals surface area (Å²) in [6.07, 6.45) is 11.9. The minimum Gasteiger partial charge on any atom is -0.327 e. The fourth-order valence-corrected chi connectivity index (χ4v) is 2.48. The SMILES string of the molecule is CCCCC1N(C)C=C[N+]1(C)CCCC. The molecule has 0 radical (unpaired) electrons. The monoisotopic (exact) mass is 211 g/mol. The Kier molecular flexibility index (Phi) is 4.65. The number of hydrogen-bond donors (Lipinski definition) is 0. The van der Waals surface area contributed by atoms with Gasteiger partial charge in [0.25, 0.3) is 0 Å². The predicted octanol–water partition coefficient (Wildman–Crippen LogP) is 3.17. The van der Waals surface area contributed by atoms with Crippen LogP contribution in [0, 0.1) is 0 Å². The van der Waals surface area contributed by atoms with Crippen molar-refractivity contribution in [2.45, 2.75) is 52.1 Å². The zero-order valence-corrected chi connectivity index (χ0v) is 10.9. The average molecular weight is 211 g/mol. The van der Waals surface area contributed by atoms with Gasteiger partial charge in [0.05, 0.1) is 19.8 Å². The summed E-state index contributed by atoms with van der Waals surface area (Å²) in [5.41, 5.74) is 0. The van der Waals surface area contributed by atoms with Gasteiger partial charge in [0.1, 0.15) is 6.20 Å². The van der Waals surface area contributed by atoms with Crippen molar-refractivity contribution in [3.8, 4) is 0 Å². The van der Waals surface area contributed by atoms with Crippen LogP contribution in [0.2, 0.25) is 0 Å². The molecule has 0 bridgehead atoms. The Morgan fingerprint density at radius 2 is 1.87 bits per heavy atom. The van der Waals surface area contributed by atoms with Gasteiger partial charge >= 0.3 is 0 Å². The Balaban J connectivity index is 2.56. The number of nitrogens with zero attached hydrogens (tertiary/aromatic N) is 2. The van der Waals surface area contributed by atoms with E-state index in [1.54, 1.807) is 0 Å². The standard InChI is InChI=1S/C13H27N2/c1-5-7-9-13-14(3)10-12-15(13,4)11-8-6-2/h10,12-13H,5-9,11H2,1-4H3/q+1. The Hall–Kier alpha value is -0.500. The molecule has 1 aliphatic heterocycles. The van der Waals surface area contributed by atoms with E-state index in [0.717, 1.165) is 4.48 Å². The molecule has 0 spiro atoms. The second-order valence-corrected chi connectivity index (χ2v) is 5.01. The maximum Gasteiger partial charge on any atom is 0.168 e. The molecule has 0 fully saturated rings. The highest BCUT2D eigenvalue weighted by Gasteiger charge is 2.36. The number of rotatable bonds is 6. The zero-order chi connectivity index (χ0) is 11.3. The highest BCUT2D eigenvalue weighted by Crippen LogP contribution is 2.26. The van der Waals surface area contributed by atoms with Crippen LogP contribution in [-0.2, 0) is 0 Å². The van der Waals surface area contributed by atoms with E-state index in [1.165, 1.54) is 38.6 Å². The van der Waals surface area contributed by atoms with Crippen molar-refractivity contribution >= 4 is 0 Å². The Bertz CT molecular complexity index is 213. The molecule has 1 aliphatic rings. The summed E-state index contributed by atoms with van der Waals surface area (Å²) in [6, 6.07) is 0. The molecule has 1 rings (SSSR count). The molecule has 88 valence electrons. The molecule has 0 saturated carbocycles. The van der Waals surface area contributed by atoms with E-state index in [1.807, 2.05) is 0 Å². The van der Waals surface area contributed by atoms with Gasteiger partial charge in [0, 0.05) is 13.5 Å². The van der Waals surface area contributed by atoms with Crippen LogP contribution in [0.1, 0.15) is 46.0 Å². The molecular weight excluding hydrogens is 184 g/mol. The van der Waals surface area contributed by atoms with E-state index in [4.69, 9.17) is 0 Å². The summed E-state index contributed by atoms with van der Waals surface area (Å²) < 4.78 is 1.12. The van der Waals surface area contributed by atoms with E-state index < -0.39 is 0 Å². The van der Waals surface area contributed by atoms with Crippen LogP contribution in [0.15, 0.2) is 12.4 Å². The number of quaternary nitrogens is 1.